The van der Waals surface area contributed by atoms with Crippen LogP contribution in [0.3, 0.4) is 0 Å². The molecule has 137 heavy (non-hydrogen) atoms. The molecule has 0 atom stereocenters. The van der Waals surface area contributed by atoms with Crippen LogP contribution in [0, 0.1) is 0 Å². The fraction of sp³-hybridized carbons (Fsp3) is 0. The Balaban J connectivity index is 0.000000102. The van der Waals surface area contributed by atoms with Crippen LogP contribution in [0.5, 0.6) is 0 Å². The van der Waals surface area contributed by atoms with E-state index in [0.29, 0.717) is 0 Å². The molecule has 0 saturated heterocycles. The summed E-state index contributed by atoms with van der Waals surface area (Å²) in [6.45, 7) is 0. The van der Waals surface area contributed by atoms with Crippen molar-refractivity contribution in [1.29, 1.82) is 0 Å². The molecule has 0 N–H and O–H groups in total. The van der Waals surface area contributed by atoms with Crippen LogP contribution in [0.4, 0.5) is 0 Å². The van der Waals surface area contributed by atoms with Crippen molar-refractivity contribution in [3.8, 4) is 95.0 Å². The molecular formula is C128H77N3O3S3. The molecule has 0 amide bonds. The number of thiophene rings is 3. The molecule has 21 aromatic carbocycles. The number of nitrogens with zero attached hydrogens (tertiary/aromatic N) is 3. The molecule has 30 rings (SSSR count). The van der Waals surface area contributed by atoms with Gasteiger partial charge in [0.1, 0.15) is 33.5 Å². The van der Waals surface area contributed by atoms with Gasteiger partial charge in [-0.15, -0.1) is 34.0 Å². The van der Waals surface area contributed by atoms with Crippen molar-refractivity contribution in [3.05, 3.63) is 467 Å². The smallest absolute Gasteiger partial charge is 0.143 e. The highest BCUT2D eigenvalue weighted by molar-refractivity contribution is 7.27. The van der Waals surface area contributed by atoms with Gasteiger partial charge in [-0.2, -0.15) is 0 Å². The number of rotatable bonds is 10. The molecule has 0 saturated carbocycles. The average Bonchev–Trinajstić information content (AvgIpc) is 1.57. The maximum atomic E-state index is 6.54. The van der Waals surface area contributed by atoms with Crippen molar-refractivity contribution in [2.45, 2.75) is 0 Å². The van der Waals surface area contributed by atoms with Crippen molar-refractivity contribution < 1.29 is 13.3 Å². The predicted octanol–water partition coefficient (Wildman–Crippen LogP) is 37.7. The number of aromatic nitrogens is 3. The number of fused-ring (bicyclic) bond motifs is 27. The zero-order chi connectivity index (χ0) is 89.9. The fourth-order valence-electron chi connectivity index (χ4n) is 21.7. The third-order valence-electron chi connectivity index (χ3n) is 27.8. The van der Waals surface area contributed by atoms with Gasteiger partial charge >= 0.3 is 0 Å². The van der Waals surface area contributed by atoms with Gasteiger partial charge in [0, 0.05) is 107 Å². The highest BCUT2D eigenvalue weighted by atomic mass is 32.1. The average molecular weight is 1800 g/mol. The van der Waals surface area contributed by atoms with Gasteiger partial charge in [-0.3, -0.25) is 0 Å². The monoisotopic (exact) mass is 1800 g/mol. The summed E-state index contributed by atoms with van der Waals surface area (Å²) in [7, 11) is 0. The Labute approximate surface area is 797 Å². The van der Waals surface area contributed by atoms with Crippen LogP contribution in [0.15, 0.2) is 480 Å². The second-order valence-electron chi connectivity index (χ2n) is 35.5. The summed E-state index contributed by atoms with van der Waals surface area (Å²) in [5.74, 6) is 0. The highest BCUT2D eigenvalue weighted by Gasteiger charge is 2.27. The molecule has 9 aromatic heterocycles. The first-order valence-electron chi connectivity index (χ1n) is 46.5. The third-order valence-corrected chi connectivity index (χ3v) is 31.4. The lowest BCUT2D eigenvalue weighted by atomic mass is 9.95. The second kappa shape index (κ2) is 31.8. The number of benzene rings is 21. The van der Waals surface area contributed by atoms with Gasteiger partial charge < -0.3 is 27.0 Å². The van der Waals surface area contributed by atoms with Crippen molar-refractivity contribution in [2.24, 2.45) is 0 Å². The van der Waals surface area contributed by atoms with Gasteiger partial charge in [0.25, 0.3) is 0 Å². The fourth-order valence-corrected chi connectivity index (χ4v) is 25.4. The zero-order valence-electron chi connectivity index (χ0n) is 73.7. The van der Waals surface area contributed by atoms with Crippen molar-refractivity contribution in [1.82, 2.24) is 13.7 Å². The van der Waals surface area contributed by atoms with E-state index in [-0.39, 0.29) is 0 Å². The van der Waals surface area contributed by atoms with E-state index in [1.54, 1.807) is 0 Å². The standard InChI is InChI=1S/C44H27NOS.2C42H25NOS/c1-3-12-28(13-4-1)34-19-9-20-36-40-32(17-10-22-38(40)46-43(34)36)29-24-26-30(27-25-29)33-18-11-23-39-41(33)42-44(47-39)35-16-7-8-21-37(35)45(42)31-14-5-2-6-15-31;1-2-11-29(12-3-1)43-35-17-7-6-14-33(35)42-40(43)39-31(16-9-19-37(39)45-42)28-22-20-27(21-23-28)30-15-8-18-36-38(30)34-25-24-26-10-4-5-13-32(26)41(34)44-36;1-2-11-31(12-3-1)43-36-15-7-6-13-34(36)42-41(43)40-32(14-8-16-39(40)45-42)27-19-17-26(18-20-27)30-21-22-33-35-23-28-9-4-5-10-29(28)24-38(35)44-37(33)25-30/h1-27H;2*1-25H. The van der Waals surface area contributed by atoms with E-state index in [4.69, 9.17) is 13.3 Å². The SMILES string of the molecule is c1ccc(-c2cccc3c2oc2cccc(-c4ccc(-c5cccc6sc7c8ccccc8n(-c8ccccc8)c7c56)cc4)c23)cc1.c1ccc(-n2c3ccccc3c3sc4cccc(-c5ccc(-c6ccc7c(c6)oc6cc8ccccc8cc67)cc5)c4c32)cc1.c1ccc(-n2c3ccccc3c3sc4cccc(-c5ccc(-c6cccc7oc8c9ccccc9ccc8c67)cc5)c4c32)cc1. The lowest BCUT2D eigenvalue weighted by Gasteiger charge is -2.11. The summed E-state index contributed by atoms with van der Waals surface area (Å²) in [4.78, 5) is 0. The Bertz CT molecular complexity index is 10100. The van der Waals surface area contributed by atoms with Gasteiger partial charge in [0.05, 0.1) is 47.2 Å². The minimum absolute atomic E-state index is 0.907. The summed E-state index contributed by atoms with van der Waals surface area (Å²) in [5, 5.41) is 19.5. The van der Waals surface area contributed by atoms with E-state index in [1.165, 1.54) is 193 Å². The number of hydrogen-bond acceptors (Lipinski definition) is 6. The normalized spacial score (nSPS) is 11.9. The Morgan fingerprint density at radius 3 is 0.949 bits per heavy atom. The molecule has 0 fully saturated rings. The number of para-hydroxylation sites is 7. The van der Waals surface area contributed by atoms with E-state index < -0.39 is 0 Å². The van der Waals surface area contributed by atoms with E-state index in [9.17, 15) is 0 Å². The van der Waals surface area contributed by atoms with E-state index in [2.05, 4.69) is 481 Å². The van der Waals surface area contributed by atoms with Gasteiger partial charge in [-0.1, -0.05) is 352 Å². The van der Waals surface area contributed by atoms with Crippen molar-refractivity contribution in [2.75, 3.05) is 0 Å². The second-order valence-corrected chi connectivity index (χ2v) is 38.6. The van der Waals surface area contributed by atoms with E-state index >= 15 is 0 Å². The van der Waals surface area contributed by atoms with E-state index in [1.807, 2.05) is 34.0 Å². The molecule has 0 aliphatic heterocycles. The van der Waals surface area contributed by atoms with Crippen LogP contribution < -0.4 is 0 Å². The van der Waals surface area contributed by atoms with Crippen LogP contribution >= 0.6 is 34.0 Å². The lowest BCUT2D eigenvalue weighted by molar-refractivity contribution is 0.669. The van der Waals surface area contributed by atoms with Crippen LogP contribution in [0.2, 0.25) is 0 Å². The molecule has 30 aromatic rings. The molecule has 0 aliphatic rings. The Morgan fingerprint density at radius 1 is 0.168 bits per heavy atom. The molecule has 9 heterocycles. The Hall–Kier alpha value is -17.2. The predicted molar refractivity (Wildman–Crippen MR) is 583 cm³/mol. The summed E-state index contributed by atoms with van der Waals surface area (Å²) in [5.41, 5.74) is 33.4. The summed E-state index contributed by atoms with van der Waals surface area (Å²) < 4.78 is 34.6. The van der Waals surface area contributed by atoms with Crippen molar-refractivity contribution in [3.63, 3.8) is 0 Å². The van der Waals surface area contributed by atoms with Gasteiger partial charge in [-0.25, -0.2) is 0 Å². The summed E-state index contributed by atoms with van der Waals surface area (Å²) >= 11 is 5.66. The maximum Gasteiger partial charge on any atom is 0.143 e. The quantitative estimate of drug-likeness (QED) is 0.137. The minimum atomic E-state index is 0.907. The Morgan fingerprint density at radius 2 is 0.489 bits per heavy atom. The summed E-state index contributed by atoms with van der Waals surface area (Å²) in [6, 6.07) is 168. The van der Waals surface area contributed by atoms with Gasteiger partial charge in [-0.05, 0) is 204 Å². The largest absolute Gasteiger partial charge is 0.456 e. The number of hydrogen-bond donors (Lipinski definition) is 0. The zero-order valence-corrected chi connectivity index (χ0v) is 76.2. The Kier molecular flexibility index (Phi) is 18.2. The number of furan rings is 3. The molecule has 9 heteroatoms. The molecular weight excluding hydrogens is 1720 g/mol. The van der Waals surface area contributed by atoms with Crippen LogP contribution in [0.25, 0.3) is 276 Å². The first-order chi connectivity index (χ1) is 68.0. The van der Waals surface area contributed by atoms with Crippen molar-refractivity contribution >= 4 is 215 Å². The van der Waals surface area contributed by atoms with Gasteiger partial charge in [0.2, 0.25) is 0 Å². The van der Waals surface area contributed by atoms with Crippen LogP contribution in [-0.2, 0) is 0 Å². The molecule has 0 aliphatic carbocycles. The third kappa shape index (κ3) is 12.7. The highest BCUT2D eigenvalue weighted by Crippen LogP contribution is 2.52. The van der Waals surface area contributed by atoms with E-state index in [0.717, 1.165) is 82.5 Å². The lowest BCUT2D eigenvalue weighted by Crippen LogP contribution is -1.93. The molecule has 0 unspecified atom stereocenters. The molecule has 0 radical (unpaired) electrons. The molecule has 6 nitrogen and oxygen atoms in total. The topological polar surface area (TPSA) is 54.2 Å². The first-order valence-corrected chi connectivity index (χ1v) is 48.9. The molecule has 640 valence electrons. The first kappa shape index (κ1) is 78.5. The molecule has 0 spiro atoms. The maximum absolute atomic E-state index is 6.54. The molecule has 0 bridgehead atoms. The van der Waals surface area contributed by atoms with Crippen LogP contribution in [-0.4, -0.2) is 13.7 Å². The van der Waals surface area contributed by atoms with Crippen LogP contribution in [0.1, 0.15) is 0 Å². The summed E-state index contributed by atoms with van der Waals surface area (Å²) in [6.07, 6.45) is 0. The van der Waals surface area contributed by atoms with Gasteiger partial charge in [0.15, 0.2) is 0 Å². The minimum Gasteiger partial charge on any atom is -0.456 e.